The van der Waals surface area contributed by atoms with Crippen LogP contribution in [0.2, 0.25) is 0 Å². The van der Waals surface area contributed by atoms with E-state index in [0.29, 0.717) is 17.0 Å². The van der Waals surface area contributed by atoms with Crippen molar-refractivity contribution in [3.05, 3.63) is 89.5 Å². The van der Waals surface area contributed by atoms with E-state index in [1.165, 1.54) is 43.9 Å². The summed E-state index contributed by atoms with van der Waals surface area (Å²) in [5.41, 5.74) is 11.3. The van der Waals surface area contributed by atoms with Gasteiger partial charge in [0.05, 0.1) is 16.9 Å². The number of carbonyl (C=O) groups excluding carboxylic acids is 1. The van der Waals surface area contributed by atoms with E-state index in [1.54, 1.807) is 16.8 Å². The van der Waals surface area contributed by atoms with Crippen LogP contribution in [0, 0.1) is 23.1 Å². The van der Waals surface area contributed by atoms with Gasteiger partial charge in [0.15, 0.2) is 5.78 Å². The number of piperidine rings is 1. The number of halogens is 1. The molecule has 2 aromatic carbocycles. The van der Waals surface area contributed by atoms with Gasteiger partial charge in [0, 0.05) is 37.0 Å². The summed E-state index contributed by atoms with van der Waals surface area (Å²) >= 11 is 0. The number of carbonyl (C=O) groups is 1. The lowest BCUT2D eigenvalue weighted by Crippen LogP contribution is -2.30. The fraction of sp³-hybridized carbons (Fsp3) is 0.417. The summed E-state index contributed by atoms with van der Waals surface area (Å²) in [7, 11) is 0. The number of anilines is 1. The zero-order valence-corrected chi connectivity index (χ0v) is 26.8. The first-order chi connectivity index (χ1) is 20.7. The average Bonchev–Trinajstić information content (AvgIpc) is 3.49. The summed E-state index contributed by atoms with van der Waals surface area (Å²) in [6.45, 7) is 17.9. The van der Waals surface area contributed by atoms with E-state index in [2.05, 4.69) is 30.4 Å². The monoisotopic (exact) mass is 585 g/mol. The molecule has 1 aliphatic heterocycles. The van der Waals surface area contributed by atoms with Crippen molar-refractivity contribution >= 4 is 11.5 Å². The predicted molar refractivity (Wildman–Crippen MR) is 177 cm³/mol. The van der Waals surface area contributed by atoms with E-state index in [9.17, 15) is 9.18 Å². The minimum atomic E-state index is -0.603. The second-order valence-electron chi connectivity index (χ2n) is 10.7. The molecule has 230 valence electrons. The van der Waals surface area contributed by atoms with Crippen LogP contribution < -0.4 is 10.6 Å². The van der Waals surface area contributed by atoms with Crippen molar-refractivity contribution in [1.82, 2.24) is 9.78 Å². The molecule has 0 spiro atoms. The normalized spacial score (nSPS) is 13.7. The summed E-state index contributed by atoms with van der Waals surface area (Å²) in [6, 6.07) is 15.8. The summed E-state index contributed by atoms with van der Waals surface area (Å²) in [6.07, 6.45) is 8.90. The van der Waals surface area contributed by atoms with Crippen molar-refractivity contribution in [2.75, 3.05) is 18.0 Å². The number of aromatic nitrogens is 2. The van der Waals surface area contributed by atoms with Gasteiger partial charge < -0.3 is 10.6 Å². The Morgan fingerprint density at radius 1 is 1.14 bits per heavy atom. The van der Waals surface area contributed by atoms with Gasteiger partial charge in [-0.25, -0.2) is 9.07 Å². The standard InChI is InChI=1S/C24H21FN4O.C10H21N.C2H6/c1-16-9-11-28(12-10-16)20-5-7-21(8-6-20)29-24(14-23(27-29)17(2)30)18-3-4-19(15-26)22(25)13-18;1-4-9(3)7-6-8-10(11)5-2;1-2/h3-8,13-14H,1,9-12H2,2H3;5,9H,4,6-8,11H2,1-3H3;1-2H3/b;10-5+;. The zero-order chi connectivity index (χ0) is 31.9. The molecule has 0 aliphatic carbocycles. The Morgan fingerprint density at radius 2 is 1.77 bits per heavy atom. The Kier molecular flexibility index (Phi) is 14.4. The highest BCUT2D eigenvalue weighted by molar-refractivity contribution is 5.93. The van der Waals surface area contributed by atoms with Gasteiger partial charge >= 0.3 is 0 Å². The second-order valence-corrected chi connectivity index (χ2v) is 10.7. The molecule has 1 aliphatic rings. The lowest BCUT2D eigenvalue weighted by atomic mass is 10.0. The number of hydrogen-bond acceptors (Lipinski definition) is 5. The molecule has 3 aromatic rings. The van der Waals surface area contributed by atoms with Gasteiger partial charge in [-0.05, 0) is 81.0 Å². The van der Waals surface area contributed by atoms with Crippen molar-refractivity contribution in [2.24, 2.45) is 11.7 Å². The van der Waals surface area contributed by atoms with Crippen LogP contribution in [0.5, 0.6) is 0 Å². The van der Waals surface area contributed by atoms with E-state index in [4.69, 9.17) is 11.0 Å². The third-order valence-corrected chi connectivity index (χ3v) is 7.62. The van der Waals surface area contributed by atoms with Crippen LogP contribution in [0.25, 0.3) is 16.9 Å². The van der Waals surface area contributed by atoms with E-state index < -0.39 is 5.82 Å². The average molecular weight is 586 g/mol. The molecule has 43 heavy (non-hydrogen) atoms. The number of nitrogens with two attached hydrogens (primary N) is 1. The smallest absolute Gasteiger partial charge is 0.180 e. The number of rotatable bonds is 9. The summed E-state index contributed by atoms with van der Waals surface area (Å²) in [4.78, 5) is 14.2. The third-order valence-electron chi connectivity index (χ3n) is 7.62. The maximum absolute atomic E-state index is 14.2. The van der Waals surface area contributed by atoms with Crippen molar-refractivity contribution in [3.63, 3.8) is 0 Å². The topological polar surface area (TPSA) is 87.9 Å². The first-order valence-electron chi connectivity index (χ1n) is 15.4. The van der Waals surface area contributed by atoms with E-state index in [0.717, 1.165) is 55.3 Å². The first kappa shape index (κ1) is 35.0. The fourth-order valence-corrected chi connectivity index (χ4v) is 4.61. The Morgan fingerprint density at radius 3 is 2.30 bits per heavy atom. The molecular weight excluding hydrogens is 537 g/mol. The van der Waals surface area contributed by atoms with Crippen molar-refractivity contribution in [3.8, 4) is 23.0 Å². The van der Waals surface area contributed by atoms with Crippen molar-refractivity contribution in [2.45, 2.75) is 80.1 Å². The SMILES string of the molecule is C/C=C(/N)CCCC(C)CC.C=C1CCN(c2ccc(-n3nc(C(C)=O)cc3-c3ccc(C#N)c(F)c3)cc2)CC1.CC. The van der Waals surface area contributed by atoms with Gasteiger partial charge in [-0.3, -0.25) is 4.79 Å². The molecule has 1 atom stereocenters. The molecule has 0 bridgehead atoms. The van der Waals surface area contributed by atoms with Crippen LogP contribution in [0.4, 0.5) is 10.1 Å². The van der Waals surface area contributed by atoms with Gasteiger partial charge in [-0.2, -0.15) is 10.4 Å². The van der Waals surface area contributed by atoms with Gasteiger partial charge in [0.25, 0.3) is 0 Å². The van der Waals surface area contributed by atoms with Gasteiger partial charge in [-0.15, -0.1) is 0 Å². The van der Waals surface area contributed by atoms with Crippen LogP contribution in [-0.2, 0) is 0 Å². The molecular formula is C36H48FN5O. The molecule has 4 rings (SSSR count). The predicted octanol–water partition coefficient (Wildman–Crippen LogP) is 9.00. The minimum Gasteiger partial charge on any atom is -0.402 e. The number of benzene rings is 2. The van der Waals surface area contributed by atoms with Crippen LogP contribution in [0.1, 0.15) is 96.1 Å². The Balaban J connectivity index is 0.000000422. The Bertz CT molecular complexity index is 1400. The molecule has 1 unspecified atom stereocenters. The number of allylic oxidation sites excluding steroid dienone is 2. The Hall–Kier alpha value is -4.18. The number of nitrogens with zero attached hydrogens (tertiary/aromatic N) is 4. The van der Waals surface area contributed by atoms with Gasteiger partial charge in [0.2, 0.25) is 0 Å². The molecule has 0 saturated carbocycles. The van der Waals surface area contributed by atoms with Crippen LogP contribution in [0.15, 0.2) is 72.5 Å². The molecule has 0 radical (unpaired) electrons. The van der Waals surface area contributed by atoms with Gasteiger partial charge in [-0.1, -0.05) is 64.8 Å². The molecule has 1 aromatic heterocycles. The number of hydrogen-bond donors (Lipinski definition) is 1. The van der Waals surface area contributed by atoms with E-state index in [-0.39, 0.29) is 11.3 Å². The quantitative estimate of drug-likeness (QED) is 0.200. The molecule has 2 N–H and O–H groups in total. The molecule has 2 heterocycles. The highest BCUT2D eigenvalue weighted by Gasteiger charge is 2.17. The maximum atomic E-state index is 14.2. The molecule has 6 nitrogen and oxygen atoms in total. The summed E-state index contributed by atoms with van der Waals surface area (Å²) < 4.78 is 15.8. The largest absolute Gasteiger partial charge is 0.402 e. The van der Waals surface area contributed by atoms with Gasteiger partial charge in [0.1, 0.15) is 17.6 Å². The van der Waals surface area contributed by atoms with Crippen LogP contribution in [0.3, 0.4) is 0 Å². The third kappa shape index (κ3) is 10.2. The minimum absolute atomic E-state index is 0.0230. The lowest BCUT2D eigenvalue weighted by Gasteiger charge is -2.30. The first-order valence-corrected chi connectivity index (χ1v) is 15.4. The molecule has 1 fully saturated rings. The van der Waals surface area contributed by atoms with Crippen molar-refractivity contribution in [1.29, 1.82) is 5.26 Å². The molecule has 0 amide bonds. The highest BCUT2D eigenvalue weighted by atomic mass is 19.1. The fourth-order valence-electron chi connectivity index (χ4n) is 4.61. The molecule has 1 saturated heterocycles. The summed E-state index contributed by atoms with van der Waals surface area (Å²) in [5, 5.41) is 13.4. The van der Waals surface area contributed by atoms with E-state index >= 15 is 0 Å². The Labute approximate surface area is 257 Å². The van der Waals surface area contributed by atoms with Crippen LogP contribution >= 0.6 is 0 Å². The van der Waals surface area contributed by atoms with Crippen molar-refractivity contribution < 1.29 is 9.18 Å². The maximum Gasteiger partial charge on any atom is 0.180 e. The number of Topliss-reactive ketones (excluding diaryl/α,β-unsaturated/α-hetero) is 1. The summed E-state index contributed by atoms with van der Waals surface area (Å²) in [5.74, 6) is 0.0862. The number of ketones is 1. The highest BCUT2D eigenvalue weighted by Crippen LogP contribution is 2.28. The lowest BCUT2D eigenvalue weighted by molar-refractivity contribution is 0.101. The second kappa shape index (κ2) is 17.7. The van der Waals surface area contributed by atoms with E-state index in [1.807, 2.05) is 57.2 Å². The zero-order valence-electron chi connectivity index (χ0n) is 26.8. The molecule has 7 heteroatoms. The number of nitriles is 1. The van der Waals surface area contributed by atoms with Crippen LogP contribution in [-0.4, -0.2) is 28.7 Å².